The fraction of sp³-hybridized carbons (Fsp3) is 0.355. The van der Waals surface area contributed by atoms with Crippen molar-refractivity contribution in [2.45, 2.75) is 39.2 Å². The number of esters is 2. The topological polar surface area (TPSA) is 88.5 Å². The first-order chi connectivity index (χ1) is 19.5. The standard InChI is InChI=1S/C31H33N3O5S/c1-3-38-29(36)23-15-17-33(18-16-23)25(35)19-24-20-40-31-32-27(21-11-7-5-8-12-21)26(30(37)39-4-2)28(34(24)31)22-13-9-6-10-14-22/h5-14,20,23,28H,3-4,15-19H2,1-2H3/t28-/m1/s1. The molecule has 8 nitrogen and oxygen atoms in total. The van der Waals surface area contributed by atoms with Gasteiger partial charge in [-0.2, -0.15) is 0 Å². The van der Waals surface area contributed by atoms with E-state index in [1.807, 2.05) is 75.9 Å². The summed E-state index contributed by atoms with van der Waals surface area (Å²) in [6.45, 7) is 5.21. The molecule has 208 valence electrons. The first-order valence-electron chi connectivity index (χ1n) is 13.7. The molecule has 1 saturated heterocycles. The van der Waals surface area contributed by atoms with Gasteiger partial charge in [-0.1, -0.05) is 72.4 Å². The number of likely N-dealkylation sites (tertiary alicyclic amines) is 1. The van der Waals surface area contributed by atoms with Crippen LogP contribution in [0.1, 0.15) is 50.3 Å². The van der Waals surface area contributed by atoms with E-state index in [0.29, 0.717) is 49.0 Å². The average molecular weight is 560 g/mol. The second-order valence-electron chi connectivity index (χ2n) is 9.74. The molecule has 0 radical (unpaired) electrons. The summed E-state index contributed by atoms with van der Waals surface area (Å²) in [6.07, 6.45) is 1.35. The maximum Gasteiger partial charge on any atom is 0.338 e. The Morgan fingerprint density at radius 1 is 0.925 bits per heavy atom. The Morgan fingerprint density at radius 2 is 1.57 bits per heavy atom. The smallest absolute Gasteiger partial charge is 0.338 e. The van der Waals surface area contributed by atoms with Crippen molar-refractivity contribution in [2.75, 3.05) is 26.3 Å². The van der Waals surface area contributed by atoms with E-state index in [0.717, 1.165) is 16.8 Å². The van der Waals surface area contributed by atoms with Gasteiger partial charge in [-0.05, 0) is 37.7 Å². The van der Waals surface area contributed by atoms with Gasteiger partial charge in [0.05, 0.1) is 42.9 Å². The van der Waals surface area contributed by atoms with Crippen LogP contribution in [0.2, 0.25) is 0 Å². The van der Waals surface area contributed by atoms with Crippen molar-refractivity contribution in [2.24, 2.45) is 10.9 Å². The Kier molecular flexibility index (Phi) is 8.69. The molecule has 0 saturated carbocycles. The highest BCUT2D eigenvalue weighted by Gasteiger charge is 2.42. The first kappa shape index (κ1) is 27.7. The van der Waals surface area contributed by atoms with E-state index in [1.165, 1.54) is 11.8 Å². The van der Waals surface area contributed by atoms with Crippen LogP contribution in [0.5, 0.6) is 0 Å². The van der Waals surface area contributed by atoms with Gasteiger partial charge in [-0.3, -0.25) is 9.59 Å². The Balaban J connectivity index is 1.45. The van der Waals surface area contributed by atoms with E-state index in [1.54, 1.807) is 13.8 Å². The lowest BCUT2D eigenvalue weighted by molar-refractivity contribution is -0.151. The molecular formula is C31H33N3O5S. The highest BCUT2D eigenvalue weighted by Crippen LogP contribution is 2.47. The predicted octanol–water partition coefficient (Wildman–Crippen LogP) is 5.15. The third kappa shape index (κ3) is 5.70. The minimum absolute atomic E-state index is 0.0160. The summed E-state index contributed by atoms with van der Waals surface area (Å²) in [5.41, 5.74) is 3.53. The number of thioether (sulfide) groups is 1. The van der Waals surface area contributed by atoms with Gasteiger partial charge in [-0.25, -0.2) is 9.79 Å². The summed E-state index contributed by atoms with van der Waals surface area (Å²) in [7, 11) is 0. The number of aliphatic imine (C=N–C) groups is 1. The number of fused-ring (bicyclic) bond motifs is 1. The van der Waals surface area contributed by atoms with Crippen LogP contribution in [-0.4, -0.2) is 59.1 Å². The number of hydrogen-bond acceptors (Lipinski definition) is 8. The Hall–Kier alpha value is -3.85. The lowest BCUT2D eigenvalue weighted by atomic mass is 9.91. The average Bonchev–Trinajstić information content (AvgIpc) is 3.39. The van der Waals surface area contributed by atoms with Crippen molar-refractivity contribution in [1.29, 1.82) is 0 Å². The SMILES string of the molecule is CCOC(=O)C1=C(c2ccccc2)N=C2SC=C(CC(=O)N3CCC(C(=O)OCC)CC3)N2[C@@H]1c1ccccc1. The Morgan fingerprint density at radius 3 is 2.23 bits per heavy atom. The quantitative estimate of drug-likeness (QED) is 0.413. The van der Waals surface area contributed by atoms with Gasteiger partial charge in [0.25, 0.3) is 0 Å². The molecular weight excluding hydrogens is 526 g/mol. The molecule has 9 heteroatoms. The van der Waals surface area contributed by atoms with E-state index < -0.39 is 12.0 Å². The molecule has 3 aliphatic heterocycles. The molecule has 2 aromatic carbocycles. The third-order valence-electron chi connectivity index (χ3n) is 7.27. The van der Waals surface area contributed by atoms with Crippen molar-refractivity contribution in [3.05, 3.63) is 88.5 Å². The zero-order valence-corrected chi connectivity index (χ0v) is 23.6. The number of carbonyl (C=O) groups excluding carboxylic acids is 3. The fourth-order valence-corrected chi connectivity index (χ4v) is 6.25. The number of carbonyl (C=O) groups is 3. The van der Waals surface area contributed by atoms with Crippen molar-refractivity contribution < 1.29 is 23.9 Å². The van der Waals surface area contributed by atoms with Crippen LogP contribution in [-0.2, 0) is 23.9 Å². The van der Waals surface area contributed by atoms with E-state index >= 15 is 0 Å². The monoisotopic (exact) mass is 559 g/mol. The molecule has 40 heavy (non-hydrogen) atoms. The lowest BCUT2D eigenvalue weighted by Gasteiger charge is -2.37. The summed E-state index contributed by atoms with van der Waals surface area (Å²) >= 11 is 1.45. The van der Waals surface area contributed by atoms with Gasteiger partial charge in [0.1, 0.15) is 0 Å². The minimum Gasteiger partial charge on any atom is -0.466 e. The Bertz CT molecular complexity index is 1350. The van der Waals surface area contributed by atoms with Gasteiger partial charge < -0.3 is 19.3 Å². The number of amidine groups is 1. The van der Waals surface area contributed by atoms with Crippen molar-refractivity contribution >= 4 is 40.5 Å². The van der Waals surface area contributed by atoms with E-state index in [-0.39, 0.29) is 30.8 Å². The van der Waals surface area contributed by atoms with Crippen molar-refractivity contribution in [1.82, 2.24) is 9.80 Å². The molecule has 3 aliphatic rings. The van der Waals surface area contributed by atoms with E-state index in [4.69, 9.17) is 14.5 Å². The fourth-order valence-electron chi connectivity index (χ4n) is 5.33. The third-order valence-corrected chi connectivity index (χ3v) is 8.16. The number of hydrogen-bond donors (Lipinski definition) is 0. The van der Waals surface area contributed by atoms with Gasteiger partial charge in [0.15, 0.2) is 5.17 Å². The maximum absolute atomic E-state index is 13.5. The lowest BCUT2D eigenvalue weighted by Crippen LogP contribution is -2.42. The summed E-state index contributed by atoms with van der Waals surface area (Å²) < 4.78 is 10.7. The number of amides is 1. The molecule has 2 aromatic rings. The molecule has 1 fully saturated rings. The first-order valence-corrected chi connectivity index (χ1v) is 14.6. The van der Waals surface area contributed by atoms with Crippen LogP contribution in [0.15, 0.2) is 82.3 Å². The highest BCUT2D eigenvalue weighted by atomic mass is 32.2. The molecule has 0 aliphatic carbocycles. The molecule has 0 unspecified atom stereocenters. The molecule has 1 amide bonds. The van der Waals surface area contributed by atoms with Gasteiger partial charge in [0, 0.05) is 24.4 Å². The molecule has 3 heterocycles. The summed E-state index contributed by atoms with van der Waals surface area (Å²) in [5, 5.41) is 2.67. The highest BCUT2D eigenvalue weighted by molar-refractivity contribution is 8.16. The maximum atomic E-state index is 13.5. The van der Waals surface area contributed by atoms with Gasteiger partial charge >= 0.3 is 11.9 Å². The van der Waals surface area contributed by atoms with Crippen LogP contribution in [0, 0.1) is 5.92 Å². The van der Waals surface area contributed by atoms with Crippen LogP contribution in [0.25, 0.3) is 5.70 Å². The van der Waals surface area contributed by atoms with Gasteiger partial charge in [-0.15, -0.1) is 0 Å². The van der Waals surface area contributed by atoms with Crippen LogP contribution in [0.3, 0.4) is 0 Å². The number of nitrogens with zero attached hydrogens (tertiary/aromatic N) is 3. The normalized spacial score (nSPS) is 19.1. The second kappa shape index (κ2) is 12.6. The number of ether oxygens (including phenoxy) is 2. The largest absolute Gasteiger partial charge is 0.466 e. The molecule has 0 bridgehead atoms. The summed E-state index contributed by atoms with van der Waals surface area (Å²) in [6, 6.07) is 18.9. The predicted molar refractivity (Wildman–Crippen MR) is 155 cm³/mol. The molecule has 0 spiro atoms. The van der Waals surface area contributed by atoms with Crippen LogP contribution in [0.4, 0.5) is 0 Å². The van der Waals surface area contributed by atoms with Gasteiger partial charge in [0.2, 0.25) is 5.91 Å². The number of rotatable bonds is 8. The second-order valence-corrected chi connectivity index (χ2v) is 10.6. The van der Waals surface area contributed by atoms with Crippen LogP contribution >= 0.6 is 11.8 Å². The summed E-state index contributed by atoms with van der Waals surface area (Å²) in [5.74, 6) is -0.793. The zero-order chi connectivity index (χ0) is 28.1. The Labute approximate surface area is 238 Å². The zero-order valence-electron chi connectivity index (χ0n) is 22.7. The molecule has 5 rings (SSSR count). The van der Waals surface area contributed by atoms with E-state index in [2.05, 4.69) is 0 Å². The number of piperidine rings is 1. The van der Waals surface area contributed by atoms with Crippen molar-refractivity contribution in [3.63, 3.8) is 0 Å². The number of benzene rings is 2. The molecule has 0 N–H and O–H groups in total. The van der Waals surface area contributed by atoms with Crippen molar-refractivity contribution in [3.8, 4) is 0 Å². The van der Waals surface area contributed by atoms with E-state index in [9.17, 15) is 14.4 Å². The molecule has 0 aromatic heterocycles. The minimum atomic E-state index is -0.508. The molecule has 1 atom stereocenters. The summed E-state index contributed by atoms with van der Waals surface area (Å²) in [4.78, 5) is 47.9. The van der Waals surface area contributed by atoms with Crippen LogP contribution < -0.4 is 0 Å².